The molecule has 15 heavy (non-hydrogen) atoms. The molecule has 1 heterocycles. The van der Waals surface area contributed by atoms with Crippen LogP contribution in [0.15, 0.2) is 24.3 Å². The summed E-state index contributed by atoms with van der Waals surface area (Å²) >= 11 is 6.03. The quantitative estimate of drug-likeness (QED) is 0.614. The number of thiazole rings is 1. The second-order valence-corrected chi connectivity index (χ2v) is 5.17. The fourth-order valence-electron chi connectivity index (χ4n) is 1.59. The normalized spacial score (nSPS) is 11.0. The van der Waals surface area contributed by atoms with Crippen LogP contribution in [0.3, 0.4) is 0 Å². The van der Waals surface area contributed by atoms with E-state index in [-0.39, 0.29) is 0 Å². The van der Waals surface area contributed by atoms with Gasteiger partial charge in [-0.05, 0) is 37.1 Å². The fraction of sp³-hybridized carbons (Fsp3) is 0.417. The van der Waals surface area contributed by atoms with Crippen molar-refractivity contribution in [3.8, 4) is 0 Å². The van der Waals surface area contributed by atoms with Gasteiger partial charge in [-0.15, -0.1) is 11.3 Å². The number of unbranched alkanes of at least 4 members (excludes halogenated alkanes) is 2. The Morgan fingerprint density at radius 3 is 2.80 bits per heavy atom. The van der Waals surface area contributed by atoms with Gasteiger partial charge in [0, 0.05) is 0 Å². The largest absolute Gasteiger partial charge is 0.241 e. The zero-order valence-corrected chi connectivity index (χ0v) is 10.4. The van der Waals surface area contributed by atoms with Gasteiger partial charge in [0.2, 0.25) is 0 Å². The maximum atomic E-state index is 4.61. The van der Waals surface area contributed by atoms with Crippen LogP contribution in [0, 0.1) is 0 Å². The highest BCUT2D eigenvalue weighted by Crippen LogP contribution is 2.22. The predicted molar refractivity (Wildman–Crippen MR) is 71.0 cm³/mol. The zero-order chi connectivity index (χ0) is 10.5. The molecule has 1 nitrogen and oxygen atoms in total. The van der Waals surface area contributed by atoms with Gasteiger partial charge >= 0.3 is 0 Å². The lowest BCUT2D eigenvalue weighted by atomic mass is 10.2. The second-order valence-electron chi connectivity index (χ2n) is 3.61. The van der Waals surface area contributed by atoms with Gasteiger partial charge < -0.3 is 0 Å². The molecule has 0 amide bonds. The van der Waals surface area contributed by atoms with Gasteiger partial charge in [0.25, 0.3) is 0 Å². The number of hydrogen-bond donors (Lipinski definition) is 1. The molecule has 0 radical (unpaired) electrons. The molecule has 2 aromatic rings. The summed E-state index contributed by atoms with van der Waals surface area (Å²) in [7, 11) is 0. The summed E-state index contributed by atoms with van der Waals surface area (Å²) in [6.45, 7) is 0. The third-order valence-electron chi connectivity index (χ3n) is 2.39. The highest BCUT2D eigenvalue weighted by molar-refractivity contribution is 7.80. The van der Waals surface area contributed by atoms with Crippen LogP contribution in [0.2, 0.25) is 0 Å². The maximum absolute atomic E-state index is 4.61. The van der Waals surface area contributed by atoms with Crippen LogP contribution in [0.4, 0.5) is 0 Å². The van der Waals surface area contributed by atoms with Crippen molar-refractivity contribution < 1.29 is 0 Å². The lowest BCUT2D eigenvalue weighted by Crippen LogP contribution is -1.84. The number of hydrogen-bond acceptors (Lipinski definition) is 3. The SMILES string of the molecule is SCCCCCc1nc2ccccc2s1. The summed E-state index contributed by atoms with van der Waals surface area (Å²) in [5.41, 5.74) is 1.15. The average Bonchev–Trinajstić information content (AvgIpc) is 2.67. The van der Waals surface area contributed by atoms with Crippen molar-refractivity contribution in [2.45, 2.75) is 25.7 Å². The van der Waals surface area contributed by atoms with E-state index in [2.05, 4.69) is 35.8 Å². The topological polar surface area (TPSA) is 12.9 Å². The van der Waals surface area contributed by atoms with Gasteiger partial charge in [-0.1, -0.05) is 18.6 Å². The third kappa shape index (κ3) is 2.95. The van der Waals surface area contributed by atoms with E-state index in [1.165, 1.54) is 29.0 Å². The van der Waals surface area contributed by atoms with Gasteiger partial charge in [0.1, 0.15) is 0 Å². The molecule has 0 atom stereocenters. The minimum Gasteiger partial charge on any atom is -0.241 e. The molecule has 0 N–H and O–H groups in total. The van der Waals surface area contributed by atoms with Crippen molar-refractivity contribution >= 4 is 34.2 Å². The molecule has 3 heteroatoms. The summed E-state index contributed by atoms with van der Waals surface area (Å²) in [6.07, 6.45) is 4.83. The molecule has 0 bridgehead atoms. The molecule has 0 saturated heterocycles. The number of thiol groups is 1. The van der Waals surface area contributed by atoms with Crippen LogP contribution in [-0.2, 0) is 6.42 Å². The molecule has 1 aromatic carbocycles. The molecule has 1 aromatic heterocycles. The van der Waals surface area contributed by atoms with Gasteiger partial charge in [-0.2, -0.15) is 12.6 Å². The van der Waals surface area contributed by atoms with E-state index in [0.29, 0.717) is 0 Å². The average molecular weight is 237 g/mol. The molecular weight excluding hydrogens is 222 g/mol. The van der Waals surface area contributed by atoms with Gasteiger partial charge in [0.05, 0.1) is 15.2 Å². The van der Waals surface area contributed by atoms with E-state index in [1.807, 2.05) is 17.4 Å². The molecule has 0 aliphatic heterocycles. The number of nitrogens with zero attached hydrogens (tertiary/aromatic N) is 1. The van der Waals surface area contributed by atoms with Gasteiger partial charge in [-0.3, -0.25) is 0 Å². The van der Waals surface area contributed by atoms with Crippen LogP contribution >= 0.6 is 24.0 Å². The van der Waals surface area contributed by atoms with Crippen LogP contribution in [0.25, 0.3) is 10.2 Å². The summed E-state index contributed by atoms with van der Waals surface area (Å²) in [5, 5.41) is 1.27. The smallest absolute Gasteiger partial charge is 0.0938 e. The highest BCUT2D eigenvalue weighted by Gasteiger charge is 2.01. The molecule has 0 aliphatic rings. The van der Waals surface area contributed by atoms with Crippen molar-refractivity contribution in [2.24, 2.45) is 0 Å². The Morgan fingerprint density at radius 2 is 2.00 bits per heavy atom. The molecule has 80 valence electrons. The first-order valence-electron chi connectivity index (χ1n) is 5.35. The van der Waals surface area contributed by atoms with E-state index in [0.717, 1.165) is 17.7 Å². The molecule has 2 rings (SSSR count). The number of para-hydroxylation sites is 1. The number of fused-ring (bicyclic) bond motifs is 1. The Labute approximate surface area is 100.0 Å². The summed E-state index contributed by atoms with van der Waals surface area (Å²) in [6, 6.07) is 8.35. The number of aryl methyl sites for hydroxylation is 1. The molecule has 0 aliphatic carbocycles. The Balaban J connectivity index is 1.97. The Bertz CT molecular complexity index is 389. The third-order valence-corrected chi connectivity index (χ3v) is 3.80. The lowest BCUT2D eigenvalue weighted by Gasteiger charge is -1.94. The van der Waals surface area contributed by atoms with E-state index in [1.54, 1.807) is 0 Å². The van der Waals surface area contributed by atoms with Gasteiger partial charge in [0.15, 0.2) is 0 Å². The Hall–Kier alpha value is -0.540. The first-order chi connectivity index (χ1) is 7.40. The molecule has 0 fully saturated rings. The first kappa shape index (κ1) is 11.0. The summed E-state index contributed by atoms with van der Waals surface area (Å²) < 4.78 is 1.31. The predicted octanol–water partition coefficient (Wildman–Crippen LogP) is 3.94. The number of rotatable bonds is 5. The van der Waals surface area contributed by atoms with Crippen LogP contribution in [0.5, 0.6) is 0 Å². The standard InChI is InChI=1S/C12H15NS2/c14-9-5-1-2-8-12-13-10-6-3-4-7-11(10)15-12/h3-4,6-7,14H,1-2,5,8-9H2. The molecular formula is C12H15NS2. The monoisotopic (exact) mass is 237 g/mol. The second kappa shape index (κ2) is 5.52. The minimum absolute atomic E-state index is 1.000. The maximum Gasteiger partial charge on any atom is 0.0938 e. The minimum atomic E-state index is 1.000. The van der Waals surface area contributed by atoms with E-state index in [9.17, 15) is 0 Å². The summed E-state index contributed by atoms with van der Waals surface area (Å²) in [4.78, 5) is 4.61. The van der Waals surface area contributed by atoms with Crippen molar-refractivity contribution in [3.05, 3.63) is 29.3 Å². The van der Waals surface area contributed by atoms with Crippen molar-refractivity contribution in [1.29, 1.82) is 0 Å². The van der Waals surface area contributed by atoms with Crippen LogP contribution in [0.1, 0.15) is 24.3 Å². The highest BCUT2D eigenvalue weighted by atomic mass is 32.1. The molecule has 0 saturated carbocycles. The van der Waals surface area contributed by atoms with Crippen LogP contribution < -0.4 is 0 Å². The van der Waals surface area contributed by atoms with Crippen molar-refractivity contribution in [1.82, 2.24) is 4.98 Å². The van der Waals surface area contributed by atoms with Crippen molar-refractivity contribution in [3.63, 3.8) is 0 Å². The Kier molecular flexibility index (Phi) is 4.03. The Morgan fingerprint density at radius 1 is 1.13 bits per heavy atom. The number of aromatic nitrogens is 1. The fourth-order valence-corrected chi connectivity index (χ4v) is 2.82. The van der Waals surface area contributed by atoms with E-state index in [4.69, 9.17) is 0 Å². The van der Waals surface area contributed by atoms with Crippen molar-refractivity contribution in [2.75, 3.05) is 5.75 Å². The molecule has 0 unspecified atom stereocenters. The van der Waals surface area contributed by atoms with E-state index >= 15 is 0 Å². The number of benzene rings is 1. The summed E-state index contributed by atoms with van der Waals surface area (Å²) in [5.74, 6) is 1.000. The first-order valence-corrected chi connectivity index (χ1v) is 6.80. The van der Waals surface area contributed by atoms with Gasteiger partial charge in [-0.25, -0.2) is 4.98 Å². The zero-order valence-electron chi connectivity index (χ0n) is 8.65. The van der Waals surface area contributed by atoms with Crippen LogP contribution in [-0.4, -0.2) is 10.7 Å². The van der Waals surface area contributed by atoms with E-state index < -0.39 is 0 Å². The molecule has 0 spiro atoms. The lowest BCUT2D eigenvalue weighted by molar-refractivity contribution is 0.721.